The second kappa shape index (κ2) is 17.2. The summed E-state index contributed by atoms with van der Waals surface area (Å²) in [6, 6.07) is 0. The molecule has 0 aromatic heterocycles. The van der Waals surface area contributed by atoms with Gasteiger partial charge in [0.25, 0.3) is 0 Å². The molecule has 0 rings (SSSR count). The van der Waals surface area contributed by atoms with E-state index in [1.165, 1.54) is 0 Å². The number of nitrogens with zero attached hydrogens (tertiary/aromatic N) is 3. The quantitative estimate of drug-likeness (QED) is 0.712. The maximum Gasteiger partial charge on any atom is 0.0106 e. The van der Waals surface area contributed by atoms with Crippen molar-refractivity contribution in [1.29, 1.82) is 0 Å². The Hall–Kier alpha value is -2.16. The average molecular weight is 249 g/mol. The van der Waals surface area contributed by atoms with E-state index < -0.39 is 0 Å². The lowest BCUT2D eigenvalue weighted by molar-refractivity contribution is 0.631. The van der Waals surface area contributed by atoms with Crippen molar-refractivity contribution in [1.82, 2.24) is 14.7 Å². The monoisotopic (exact) mass is 249 g/mol. The van der Waals surface area contributed by atoms with Gasteiger partial charge in [0, 0.05) is 21.1 Å². The molecule has 0 atom stereocenters. The summed E-state index contributed by atoms with van der Waals surface area (Å²) in [4.78, 5) is 5.33. The van der Waals surface area contributed by atoms with Crippen molar-refractivity contribution < 1.29 is 0 Å². The molecule has 3 nitrogen and oxygen atoms in total. The van der Waals surface area contributed by atoms with Crippen LogP contribution in [0.2, 0.25) is 0 Å². The summed E-state index contributed by atoms with van der Waals surface area (Å²) in [6.07, 6.45) is 10.1. The summed E-state index contributed by atoms with van der Waals surface area (Å²) in [5.74, 6) is 0. The van der Waals surface area contributed by atoms with E-state index in [1.807, 2.05) is 21.1 Å². The molecule has 0 aliphatic heterocycles. The third kappa shape index (κ3) is 23.6. The average Bonchev–Trinajstić information content (AvgIpc) is 2.45. The van der Waals surface area contributed by atoms with Crippen LogP contribution in [0.4, 0.5) is 0 Å². The second-order valence-electron chi connectivity index (χ2n) is 3.09. The number of rotatable bonds is 6. The molecule has 0 aromatic carbocycles. The molecule has 0 saturated carbocycles. The van der Waals surface area contributed by atoms with E-state index in [4.69, 9.17) is 0 Å². The van der Waals surface area contributed by atoms with E-state index in [0.29, 0.717) is 0 Å². The predicted octanol–water partition coefficient (Wildman–Crippen LogP) is 3.62. The lowest BCUT2D eigenvalue weighted by Gasteiger charge is -2.00. The zero-order valence-corrected chi connectivity index (χ0v) is 12.0. The number of hydrogen-bond donors (Lipinski definition) is 0. The van der Waals surface area contributed by atoms with Gasteiger partial charge in [0.1, 0.15) is 0 Å². The Bertz CT molecular complexity index is 190. The van der Waals surface area contributed by atoms with Crippen LogP contribution >= 0.6 is 0 Å². The lowest BCUT2D eigenvalue weighted by Crippen LogP contribution is -1.96. The van der Waals surface area contributed by atoms with Crippen molar-refractivity contribution >= 4 is 0 Å². The van der Waals surface area contributed by atoms with Crippen LogP contribution in [-0.4, -0.2) is 35.8 Å². The van der Waals surface area contributed by atoms with Gasteiger partial charge in [-0.3, -0.25) is 0 Å². The fourth-order valence-corrected chi connectivity index (χ4v) is 0.224. The van der Waals surface area contributed by atoms with Crippen LogP contribution in [0.3, 0.4) is 0 Å². The Labute approximate surface area is 113 Å². The molecular formula is C15H27N3. The van der Waals surface area contributed by atoms with E-state index >= 15 is 0 Å². The molecule has 3 heteroatoms. The van der Waals surface area contributed by atoms with Crippen LogP contribution < -0.4 is 0 Å². The highest BCUT2D eigenvalue weighted by Crippen LogP contribution is 1.76. The van der Waals surface area contributed by atoms with Crippen LogP contribution in [0.15, 0.2) is 76.7 Å². The molecule has 0 heterocycles. The molecule has 0 N–H and O–H groups in total. The van der Waals surface area contributed by atoms with Gasteiger partial charge in [0.05, 0.1) is 0 Å². The molecule has 0 aromatic rings. The smallest absolute Gasteiger partial charge is 0.0106 e. The van der Waals surface area contributed by atoms with Gasteiger partial charge < -0.3 is 14.7 Å². The number of hydrogen-bond acceptors (Lipinski definition) is 3. The minimum atomic E-state index is 1.69. The van der Waals surface area contributed by atoms with Gasteiger partial charge in [0.15, 0.2) is 0 Å². The molecule has 0 fully saturated rings. The highest BCUT2D eigenvalue weighted by atomic mass is 15.0. The third-order valence-electron chi connectivity index (χ3n) is 1.73. The van der Waals surface area contributed by atoms with Gasteiger partial charge >= 0.3 is 0 Å². The van der Waals surface area contributed by atoms with Crippen molar-refractivity contribution in [3.63, 3.8) is 0 Å². The van der Waals surface area contributed by atoms with Gasteiger partial charge in [-0.1, -0.05) is 39.5 Å². The van der Waals surface area contributed by atoms with Gasteiger partial charge in [-0.15, -0.1) is 0 Å². The Morgan fingerprint density at radius 2 is 0.556 bits per heavy atom. The van der Waals surface area contributed by atoms with E-state index in [-0.39, 0.29) is 0 Å². The molecule has 18 heavy (non-hydrogen) atoms. The minimum Gasteiger partial charge on any atom is -0.358 e. The Morgan fingerprint density at radius 1 is 0.444 bits per heavy atom. The largest absolute Gasteiger partial charge is 0.358 e. The van der Waals surface area contributed by atoms with Crippen LogP contribution in [0, 0.1) is 0 Å². The highest BCUT2D eigenvalue weighted by Gasteiger charge is 1.69. The summed E-state index contributed by atoms with van der Waals surface area (Å²) < 4.78 is 0. The van der Waals surface area contributed by atoms with Crippen molar-refractivity contribution in [3.8, 4) is 0 Å². The van der Waals surface area contributed by atoms with Crippen LogP contribution in [0.25, 0.3) is 0 Å². The molecule has 0 amide bonds. The first kappa shape index (κ1) is 21.2. The zero-order valence-electron chi connectivity index (χ0n) is 12.0. The van der Waals surface area contributed by atoms with Crippen molar-refractivity contribution in [2.24, 2.45) is 0 Å². The summed E-state index contributed by atoms with van der Waals surface area (Å²) in [7, 11) is 5.62. The normalized spacial score (nSPS) is 6.83. The van der Waals surface area contributed by atoms with Gasteiger partial charge in [-0.2, -0.15) is 0 Å². The maximum atomic E-state index is 3.49. The van der Waals surface area contributed by atoms with E-state index in [1.54, 1.807) is 51.9 Å². The van der Waals surface area contributed by atoms with Crippen molar-refractivity contribution in [2.75, 3.05) is 21.1 Å². The lowest BCUT2D eigenvalue weighted by atomic mass is 10.8. The molecular weight excluding hydrogens is 222 g/mol. The second-order valence-corrected chi connectivity index (χ2v) is 3.09. The molecule has 0 bridgehead atoms. The molecule has 0 aliphatic carbocycles. The summed E-state index contributed by atoms with van der Waals surface area (Å²) in [6.45, 7) is 20.9. The molecule has 0 radical (unpaired) electrons. The standard InChI is InChI=1S/3C5H9N/c3*1-4-6(3)5-2/h3*4-5H,1-2H2,3H3. The predicted molar refractivity (Wildman–Crippen MR) is 84.5 cm³/mol. The van der Waals surface area contributed by atoms with Crippen LogP contribution in [0.1, 0.15) is 0 Å². The Balaban J connectivity index is -0.000000187. The summed E-state index contributed by atoms with van der Waals surface area (Å²) >= 11 is 0. The summed E-state index contributed by atoms with van der Waals surface area (Å²) in [5, 5.41) is 0. The zero-order chi connectivity index (χ0) is 15.0. The molecule has 0 spiro atoms. The minimum absolute atomic E-state index is 1.69. The molecule has 102 valence electrons. The molecule has 0 aliphatic rings. The van der Waals surface area contributed by atoms with E-state index in [2.05, 4.69) is 39.5 Å². The fourth-order valence-electron chi connectivity index (χ4n) is 0.224. The first-order valence-electron chi connectivity index (χ1n) is 5.34. The van der Waals surface area contributed by atoms with Gasteiger partial charge in [0.2, 0.25) is 0 Å². The van der Waals surface area contributed by atoms with Gasteiger partial charge in [-0.05, 0) is 37.2 Å². The first-order valence-corrected chi connectivity index (χ1v) is 5.34. The highest BCUT2D eigenvalue weighted by molar-refractivity contribution is 4.76. The fraction of sp³-hybridized carbons (Fsp3) is 0.200. The molecule has 0 saturated heterocycles. The SMILES string of the molecule is C=CN(C)C=C.C=CN(C)C=C.C=CN(C)C=C. The third-order valence-corrected chi connectivity index (χ3v) is 1.73. The Morgan fingerprint density at radius 3 is 0.556 bits per heavy atom. The van der Waals surface area contributed by atoms with Crippen LogP contribution in [0.5, 0.6) is 0 Å². The summed E-state index contributed by atoms with van der Waals surface area (Å²) in [5.41, 5.74) is 0. The van der Waals surface area contributed by atoms with Gasteiger partial charge in [-0.25, -0.2) is 0 Å². The van der Waals surface area contributed by atoms with E-state index in [0.717, 1.165) is 0 Å². The van der Waals surface area contributed by atoms with Crippen molar-refractivity contribution in [2.45, 2.75) is 0 Å². The first-order chi connectivity index (χ1) is 8.42. The Kier molecular flexibility index (Phi) is 20.3. The van der Waals surface area contributed by atoms with Crippen LogP contribution in [-0.2, 0) is 0 Å². The maximum absolute atomic E-state index is 3.49. The topological polar surface area (TPSA) is 9.72 Å². The van der Waals surface area contributed by atoms with Crippen molar-refractivity contribution in [3.05, 3.63) is 76.7 Å². The van der Waals surface area contributed by atoms with E-state index in [9.17, 15) is 0 Å². The molecule has 0 unspecified atom stereocenters.